The summed E-state index contributed by atoms with van der Waals surface area (Å²) >= 11 is 0. The molecule has 0 aromatic heterocycles. The minimum absolute atomic E-state index is 0.00744. The molecule has 0 fully saturated rings. The van der Waals surface area contributed by atoms with E-state index < -0.39 is 5.97 Å². The first-order valence-electron chi connectivity index (χ1n) is 9.10. The SMILES string of the molecule is CCOC(=O)/C=C/c1ccc(NC(=O)CN(C)CC(=O)N(CC)CC)cc1. The number of carbonyl (C=O) groups is 3. The molecule has 0 unspecified atom stereocenters. The Hall–Kier alpha value is -2.67. The highest BCUT2D eigenvalue weighted by atomic mass is 16.5. The normalized spacial score (nSPS) is 10.9. The fourth-order valence-corrected chi connectivity index (χ4v) is 2.44. The van der Waals surface area contributed by atoms with Crippen LogP contribution in [0.2, 0.25) is 0 Å². The zero-order valence-corrected chi connectivity index (χ0v) is 16.5. The van der Waals surface area contributed by atoms with Crippen molar-refractivity contribution < 1.29 is 19.1 Å². The van der Waals surface area contributed by atoms with Gasteiger partial charge in [0.25, 0.3) is 0 Å². The van der Waals surface area contributed by atoms with Crippen molar-refractivity contribution >= 4 is 29.5 Å². The molecule has 0 aliphatic carbocycles. The lowest BCUT2D eigenvalue weighted by atomic mass is 10.2. The number of hydrogen-bond acceptors (Lipinski definition) is 5. The number of carbonyl (C=O) groups excluding carboxylic acids is 3. The third kappa shape index (κ3) is 8.50. The largest absolute Gasteiger partial charge is 0.463 e. The van der Waals surface area contributed by atoms with Crippen LogP contribution in [-0.2, 0) is 19.1 Å². The lowest BCUT2D eigenvalue weighted by molar-refractivity contribution is -0.137. The number of rotatable bonds is 10. The summed E-state index contributed by atoms with van der Waals surface area (Å²) < 4.78 is 4.82. The standard InChI is InChI=1S/C20H29N3O4/c1-5-23(6-2)19(25)15-22(4)14-18(24)21-17-11-8-16(9-12-17)10-13-20(26)27-7-3/h8-13H,5-7,14-15H2,1-4H3,(H,21,24)/b13-10+. The zero-order chi connectivity index (χ0) is 20.2. The van der Waals surface area contributed by atoms with E-state index in [0.717, 1.165) is 5.56 Å². The third-order valence-electron chi connectivity index (χ3n) is 3.83. The van der Waals surface area contributed by atoms with E-state index in [4.69, 9.17) is 4.74 Å². The molecule has 0 saturated carbocycles. The Labute approximate surface area is 161 Å². The highest BCUT2D eigenvalue weighted by Crippen LogP contribution is 2.11. The van der Waals surface area contributed by atoms with E-state index >= 15 is 0 Å². The highest BCUT2D eigenvalue weighted by molar-refractivity contribution is 5.93. The van der Waals surface area contributed by atoms with Gasteiger partial charge in [0.1, 0.15) is 0 Å². The van der Waals surface area contributed by atoms with Gasteiger partial charge in [-0.1, -0.05) is 12.1 Å². The van der Waals surface area contributed by atoms with Crippen LogP contribution >= 0.6 is 0 Å². The average molecular weight is 375 g/mol. The molecule has 1 aromatic rings. The smallest absolute Gasteiger partial charge is 0.330 e. The second-order valence-corrected chi connectivity index (χ2v) is 5.99. The molecular formula is C20H29N3O4. The summed E-state index contributed by atoms with van der Waals surface area (Å²) in [6, 6.07) is 7.09. The minimum atomic E-state index is -0.392. The first-order valence-corrected chi connectivity index (χ1v) is 9.10. The molecule has 0 spiro atoms. The molecule has 27 heavy (non-hydrogen) atoms. The Balaban J connectivity index is 2.50. The Morgan fingerprint density at radius 3 is 2.22 bits per heavy atom. The number of benzene rings is 1. The lowest BCUT2D eigenvalue weighted by Crippen LogP contribution is -2.41. The van der Waals surface area contributed by atoms with Crippen molar-refractivity contribution in [1.29, 1.82) is 0 Å². The van der Waals surface area contributed by atoms with Crippen LogP contribution in [0.5, 0.6) is 0 Å². The van der Waals surface area contributed by atoms with E-state index in [9.17, 15) is 14.4 Å². The topological polar surface area (TPSA) is 79.0 Å². The molecule has 7 nitrogen and oxygen atoms in total. The molecular weight excluding hydrogens is 346 g/mol. The number of amides is 2. The van der Waals surface area contributed by atoms with Crippen LogP contribution in [0.15, 0.2) is 30.3 Å². The van der Waals surface area contributed by atoms with Gasteiger partial charge in [0.05, 0.1) is 19.7 Å². The van der Waals surface area contributed by atoms with Crippen LogP contribution in [-0.4, -0.2) is 67.4 Å². The molecule has 0 aliphatic heterocycles. The van der Waals surface area contributed by atoms with Crippen molar-refractivity contribution in [1.82, 2.24) is 9.80 Å². The predicted molar refractivity (Wildman–Crippen MR) is 106 cm³/mol. The van der Waals surface area contributed by atoms with Crippen molar-refractivity contribution in [2.75, 3.05) is 45.2 Å². The Bertz CT molecular complexity index is 652. The first kappa shape index (κ1) is 22.4. The van der Waals surface area contributed by atoms with Gasteiger partial charge in [-0.2, -0.15) is 0 Å². The number of nitrogens with zero attached hydrogens (tertiary/aromatic N) is 2. The predicted octanol–water partition coefficient (Wildman–Crippen LogP) is 2.00. The highest BCUT2D eigenvalue weighted by Gasteiger charge is 2.14. The van der Waals surface area contributed by atoms with Gasteiger partial charge < -0.3 is 15.0 Å². The summed E-state index contributed by atoms with van der Waals surface area (Å²) in [6.07, 6.45) is 3.01. The first-order chi connectivity index (χ1) is 12.9. The van der Waals surface area contributed by atoms with Crippen molar-refractivity contribution in [2.24, 2.45) is 0 Å². The Morgan fingerprint density at radius 1 is 1.04 bits per heavy atom. The quantitative estimate of drug-likeness (QED) is 0.500. The summed E-state index contributed by atoms with van der Waals surface area (Å²) in [5.41, 5.74) is 1.47. The molecule has 2 amide bonds. The van der Waals surface area contributed by atoms with Crippen molar-refractivity contribution in [3.8, 4) is 0 Å². The molecule has 0 bridgehead atoms. The van der Waals surface area contributed by atoms with E-state index in [0.29, 0.717) is 25.4 Å². The van der Waals surface area contributed by atoms with Crippen LogP contribution in [0.25, 0.3) is 6.08 Å². The van der Waals surface area contributed by atoms with Crippen molar-refractivity contribution in [3.05, 3.63) is 35.9 Å². The van der Waals surface area contributed by atoms with Crippen LogP contribution in [0.3, 0.4) is 0 Å². The number of esters is 1. The molecule has 148 valence electrons. The molecule has 7 heteroatoms. The fourth-order valence-electron chi connectivity index (χ4n) is 2.44. The summed E-state index contributed by atoms with van der Waals surface area (Å²) in [5, 5.41) is 2.79. The molecule has 0 radical (unpaired) electrons. The monoisotopic (exact) mass is 375 g/mol. The van der Waals surface area contributed by atoms with Gasteiger partial charge in [-0.3, -0.25) is 14.5 Å². The van der Waals surface area contributed by atoms with Gasteiger partial charge in [-0.25, -0.2) is 4.79 Å². The summed E-state index contributed by atoms with van der Waals surface area (Å²) in [5.74, 6) is -0.579. The van der Waals surface area contributed by atoms with Crippen molar-refractivity contribution in [2.45, 2.75) is 20.8 Å². The van der Waals surface area contributed by atoms with E-state index in [-0.39, 0.29) is 24.9 Å². The van der Waals surface area contributed by atoms with E-state index in [1.54, 1.807) is 54.1 Å². The van der Waals surface area contributed by atoms with E-state index in [1.165, 1.54) is 6.08 Å². The van der Waals surface area contributed by atoms with Gasteiger partial charge in [0, 0.05) is 24.9 Å². The van der Waals surface area contributed by atoms with Gasteiger partial charge in [0.15, 0.2) is 0 Å². The zero-order valence-electron chi connectivity index (χ0n) is 16.5. The van der Waals surface area contributed by atoms with Crippen LogP contribution in [0.1, 0.15) is 26.3 Å². The molecule has 1 aromatic carbocycles. The number of likely N-dealkylation sites (N-methyl/N-ethyl adjacent to an activating group) is 2. The summed E-state index contributed by atoms with van der Waals surface area (Å²) in [7, 11) is 1.74. The molecule has 1 rings (SSSR count). The van der Waals surface area contributed by atoms with Gasteiger partial charge in [-0.15, -0.1) is 0 Å². The van der Waals surface area contributed by atoms with Gasteiger partial charge >= 0.3 is 5.97 Å². The lowest BCUT2D eigenvalue weighted by Gasteiger charge is -2.22. The van der Waals surface area contributed by atoms with Gasteiger partial charge in [-0.05, 0) is 51.6 Å². The second-order valence-electron chi connectivity index (χ2n) is 5.99. The van der Waals surface area contributed by atoms with Crippen LogP contribution in [0.4, 0.5) is 5.69 Å². The maximum atomic E-state index is 12.1. The average Bonchev–Trinajstić information content (AvgIpc) is 2.62. The van der Waals surface area contributed by atoms with E-state index in [2.05, 4.69) is 5.32 Å². The molecule has 0 aliphatic rings. The number of hydrogen-bond donors (Lipinski definition) is 1. The van der Waals surface area contributed by atoms with E-state index in [1.807, 2.05) is 13.8 Å². The van der Waals surface area contributed by atoms with Crippen molar-refractivity contribution in [3.63, 3.8) is 0 Å². The number of nitrogens with one attached hydrogen (secondary N) is 1. The summed E-state index contributed by atoms with van der Waals surface area (Å²) in [4.78, 5) is 38.9. The molecule has 0 atom stereocenters. The van der Waals surface area contributed by atoms with Crippen LogP contribution in [0, 0.1) is 0 Å². The molecule has 0 heterocycles. The Morgan fingerprint density at radius 2 is 1.67 bits per heavy atom. The number of anilines is 1. The minimum Gasteiger partial charge on any atom is -0.463 e. The second kappa shape index (κ2) is 11.9. The summed E-state index contributed by atoms with van der Waals surface area (Å²) in [6.45, 7) is 7.59. The Kier molecular flexibility index (Phi) is 9.82. The van der Waals surface area contributed by atoms with Gasteiger partial charge in [0.2, 0.25) is 11.8 Å². The number of ether oxygens (including phenoxy) is 1. The maximum Gasteiger partial charge on any atom is 0.330 e. The fraction of sp³-hybridized carbons (Fsp3) is 0.450. The maximum absolute atomic E-state index is 12.1. The molecule has 0 saturated heterocycles. The molecule has 1 N–H and O–H groups in total. The third-order valence-corrected chi connectivity index (χ3v) is 3.83. The van der Waals surface area contributed by atoms with Crippen LogP contribution < -0.4 is 5.32 Å².